The van der Waals surface area contributed by atoms with E-state index in [1.54, 1.807) is 11.2 Å². The molecule has 7 nitrogen and oxygen atoms in total. The minimum Gasteiger partial charge on any atom is -0.444 e. The highest BCUT2D eigenvalue weighted by molar-refractivity contribution is 5.68. The monoisotopic (exact) mass is 346 g/mol. The third kappa shape index (κ3) is 4.10. The van der Waals surface area contributed by atoms with Crippen molar-refractivity contribution in [3.63, 3.8) is 0 Å². The summed E-state index contributed by atoms with van der Waals surface area (Å²) in [6.45, 7) is 11.1. The number of ether oxygens (including phenoxy) is 2. The van der Waals surface area contributed by atoms with Gasteiger partial charge in [-0.25, -0.2) is 14.8 Å². The van der Waals surface area contributed by atoms with Gasteiger partial charge in [-0.1, -0.05) is 0 Å². The number of hydrogen-bond donors (Lipinski definition) is 0. The fraction of sp³-hybridized carbons (Fsp3) is 0.611. The average molecular weight is 346 g/mol. The van der Waals surface area contributed by atoms with Crippen LogP contribution in [0.3, 0.4) is 0 Å². The molecule has 1 amide bonds. The smallest absolute Gasteiger partial charge is 0.410 e. The molecule has 7 heteroatoms. The molecule has 0 bridgehead atoms. The molecule has 136 valence electrons. The lowest BCUT2D eigenvalue weighted by Gasteiger charge is -2.34. The van der Waals surface area contributed by atoms with E-state index in [0.717, 1.165) is 22.7 Å². The maximum absolute atomic E-state index is 12.3. The molecular weight excluding hydrogens is 320 g/mol. The minimum atomic E-state index is -0.493. The van der Waals surface area contributed by atoms with Crippen LogP contribution in [0.1, 0.15) is 37.9 Å². The number of carbonyl (C=O) groups excluding carboxylic acids is 1. The summed E-state index contributed by atoms with van der Waals surface area (Å²) >= 11 is 0. The van der Waals surface area contributed by atoms with Crippen LogP contribution in [0.15, 0.2) is 12.4 Å². The molecule has 0 N–H and O–H groups in total. The second-order valence-electron chi connectivity index (χ2n) is 7.53. The summed E-state index contributed by atoms with van der Waals surface area (Å²) in [4.78, 5) is 23.0. The molecule has 2 aromatic rings. The predicted octanol–water partition coefficient (Wildman–Crippen LogP) is 2.52. The van der Waals surface area contributed by atoms with Gasteiger partial charge in [-0.05, 0) is 34.6 Å². The van der Waals surface area contributed by atoms with E-state index in [0.29, 0.717) is 26.1 Å². The lowest BCUT2D eigenvalue weighted by Crippen LogP contribution is -2.48. The highest BCUT2D eigenvalue weighted by Gasteiger charge is 2.29. The van der Waals surface area contributed by atoms with Crippen molar-refractivity contribution < 1.29 is 14.3 Å². The Labute approximate surface area is 148 Å². The van der Waals surface area contributed by atoms with Crippen LogP contribution in [0.4, 0.5) is 4.79 Å². The van der Waals surface area contributed by atoms with Crippen molar-refractivity contribution in [1.29, 1.82) is 0 Å². The van der Waals surface area contributed by atoms with Gasteiger partial charge in [-0.15, -0.1) is 0 Å². The van der Waals surface area contributed by atoms with Gasteiger partial charge in [-0.3, -0.25) is 4.40 Å². The Balaban J connectivity index is 1.73. The average Bonchev–Trinajstić information content (AvgIpc) is 2.81. The van der Waals surface area contributed by atoms with E-state index in [1.807, 2.05) is 45.1 Å². The Kier molecular flexibility index (Phi) is 4.69. The summed E-state index contributed by atoms with van der Waals surface area (Å²) < 4.78 is 13.3. The molecule has 1 aliphatic rings. The number of nitrogens with zero attached hydrogens (tertiary/aromatic N) is 4. The maximum atomic E-state index is 12.3. The third-order valence-corrected chi connectivity index (χ3v) is 4.16. The lowest BCUT2D eigenvalue weighted by molar-refractivity contribution is -0.0419. The number of morpholine rings is 1. The first-order valence-corrected chi connectivity index (χ1v) is 8.62. The van der Waals surface area contributed by atoms with E-state index in [1.165, 1.54) is 0 Å². The van der Waals surface area contributed by atoms with Gasteiger partial charge in [0, 0.05) is 30.4 Å². The van der Waals surface area contributed by atoms with Gasteiger partial charge in [0.05, 0.1) is 24.9 Å². The summed E-state index contributed by atoms with van der Waals surface area (Å²) in [7, 11) is 0. The topological polar surface area (TPSA) is 69.0 Å². The predicted molar refractivity (Wildman–Crippen MR) is 93.7 cm³/mol. The zero-order valence-electron chi connectivity index (χ0n) is 15.6. The third-order valence-electron chi connectivity index (χ3n) is 4.16. The molecule has 2 aromatic heterocycles. The molecule has 3 rings (SSSR count). The second kappa shape index (κ2) is 6.63. The fourth-order valence-electron chi connectivity index (χ4n) is 3.00. The summed E-state index contributed by atoms with van der Waals surface area (Å²) in [5.41, 5.74) is 3.37. The summed E-state index contributed by atoms with van der Waals surface area (Å²) in [5, 5.41) is 0. The quantitative estimate of drug-likeness (QED) is 0.836. The van der Waals surface area contributed by atoms with Crippen LogP contribution < -0.4 is 0 Å². The number of aromatic nitrogens is 3. The molecule has 1 aliphatic heterocycles. The van der Waals surface area contributed by atoms with E-state index in [4.69, 9.17) is 9.47 Å². The van der Waals surface area contributed by atoms with Gasteiger partial charge in [-0.2, -0.15) is 0 Å². The van der Waals surface area contributed by atoms with Gasteiger partial charge >= 0.3 is 6.09 Å². The van der Waals surface area contributed by atoms with Crippen LogP contribution in [-0.2, 0) is 15.9 Å². The molecule has 0 saturated carbocycles. The van der Waals surface area contributed by atoms with Crippen LogP contribution in [0.25, 0.3) is 5.65 Å². The molecule has 0 aromatic carbocycles. The van der Waals surface area contributed by atoms with Crippen molar-refractivity contribution >= 4 is 11.7 Å². The van der Waals surface area contributed by atoms with Crippen LogP contribution in [-0.4, -0.2) is 56.8 Å². The normalized spacial score (nSPS) is 18.6. The maximum Gasteiger partial charge on any atom is 0.410 e. The van der Waals surface area contributed by atoms with Gasteiger partial charge in [0.15, 0.2) is 0 Å². The zero-order chi connectivity index (χ0) is 18.2. The summed E-state index contributed by atoms with van der Waals surface area (Å²) in [5.74, 6) is 0. The standard InChI is InChI=1S/C18H26N4O3/c1-12-8-16-20-13(2)15(22(16)11-19-12)9-14-10-21(6-7-24-14)17(23)25-18(3,4)5/h8,11,14H,6-7,9-10H2,1-5H3. The number of rotatable bonds is 2. The zero-order valence-corrected chi connectivity index (χ0v) is 15.6. The Morgan fingerprint density at radius 1 is 1.40 bits per heavy atom. The van der Waals surface area contributed by atoms with Crippen molar-refractivity contribution in [3.05, 3.63) is 29.5 Å². The van der Waals surface area contributed by atoms with Gasteiger partial charge in [0.25, 0.3) is 0 Å². The SMILES string of the molecule is Cc1cc2nc(C)c(CC3CN(C(=O)OC(C)(C)C)CCO3)n2cn1. The highest BCUT2D eigenvalue weighted by Crippen LogP contribution is 2.19. The fourth-order valence-corrected chi connectivity index (χ4v) is 3.00. The summed E-state index contributed by atoms with van der Waals surface area (Å²) in [6.07, 6.45) is 2.11. The number of aryl methyl sites for hydroxylation is 2. The molecule has 0 radical (unpaired) electrons. The lowest BCUT2D eigenvalue weighted by atomic mass is 10.1. The molecule has 3 heterocycles. The molecular formula is C18H26N4O3. The number of fused-ring (bicyclic) bond motifs is 1. The number of hydrogen-bond acceptors (Lipinski definition) is 5. The van der Waals surface area contributed by atoms with Crippen LogP contribution in [0.5, 0.6) is 0 Å². The molecule has 1 unspecified atom stereocenters. The molecule has 0 aliphatic carbocycles. The molecule has 25 heavy (non-hydrogen) atoms. The van der Waals surface area contributed by atoms with E-state index in [-0.39, 0.29) is 12.2 Å². The Morgan fingerprint density at radius 2 is 2.16 bits per heavy atom. The summed E-state index contributed by atoms with van der Waals surface area (Å²) in [6, 6.07) is 1.96. The molecule has 1 saturated heterocycles. The minimum absolute atomic E-state index is 0.0822. The highest BCUT2D eigenvalue weighted by atomic mass is 16.6. The first kappa shape index (κ1) is 17.7. The van der Waals surface area contributed by atoms with Gasteiger partial charge < -0.3 is 14.4 Å². The van der Waals surface area contributed by atoms with Crippen LogP contribution >= 0.6 is 0 Å². The van der Waals surface area contributed by atoms with Gasteiger partial charge in [0.1, 0.15) is 17.6 Å². The van der Waals surface area contributed by atoms with Crippen molar-refractivity contribution in [2.24, 2.45) is 0 Å². The van der Waals surface area contributed by atoms with E-state index >= 15 is 0 Å². The first-order valence-electron chi connectivity index (χ1n) is 8.62. The Morgan fingerprint density at radius 3 is 2.88 bits per heavy atom. The first-order chi connectivity index (χ1) is 11.7. The van der Waals surface area contributed by atoms with Crippen molar-refractivity contribution in [1.82, 2.24) is 19.3 Å². The number of carbonyl (C=O) groups is 1. The number of amides is 1. The molecule has 1 atom stereocenters. The van der Waals surface area contributed by atoms with E-state index in [2.05, 4.69) is 9.97 Å². The van der Waals surface area contributed by atoms with E-state index in [9.17, 15) is 4.79 Å². The van der Waals surface area contributed by atoms with Crippen molar-refractivity contribution in [3.8, 4) is 0 Å². The van der Waals surface area contributed by atoms with Gasteiger partial charge in [0.2, 0.25) is 0 Å². The van der Waals surface area contributed by atoms with Crippen molar-refractivity contribution in [2.75, 3.05) is 19.7 Å². The molecule has 1 fully saturated rings. The Bertz CT molecular complexity index is 778. The van der Waals surface area contributed by atoms with Crippen molar-refractivity contribution in [2.45, 2.75) is 52.7 Å². The molecule has 0 spiro atoms. The van der Waals surface area contributed by atoms with Crippen LogP contribution in [0.2, 0.25) is 0 Å². The Hall–Kier alpha value is -2.15. The largest absolute Gasteiger partial charge is 0.444 e. The van der Waals surface area contributed by atoms with E-state index < -0.39 is 5.60 Å². The number of imidazole rings is 1. The second-order valence-corrected chi connectivity index (χ2v) is 7.53. The van der Waals surface area contributed by atoms with Crippen LogP contribution in [0, 0.1) is 13.8 Å².